The van der Waals surface area contributed by atoms with Crippen molar-refractivity contribution in [1.29, 1.82) is 0 Å². The molecule has 5 nitrogen and oxygen atoms in total. The summed E-state index contributed by atoms with van der Waals surface area (Å²) in [5.41, 5.74) is 2.74. The number of piperidine rings is 1. The molecule has 1 N–H and O–H groups in total. The molecule has 3 rings (SSSR count). The number of amides is 2. The van der Waals surface area contributed by atoms with Crippen molar-refractivity contribution in [3.63, 3.8) is 0 Å². The first kappa shape index (κ1) is 19.2. The smallest absolute Gasteiger partial charge is 0.227 e. The van der Waals surface area contributed by atoms with E-state index in [1.54, 1.807) is 0 Å². The number of rotatable bonds is 3. The molecule has 2 amide bonds. The maximum absolute atomic E-state index is 12.6. The molecule has 0 atom stereocenters. The molecule has 1 aromatic carbocycles. The van der Waals surface area contributed by atoms with Gasteiger partial charge in [-0.15, -0.1) is 0 Å². The van der Waals surface area contributed by atoms with E-state index < -0.39 is 0 Å². The van der Waals surface area contributed by atoms with Gasteiger partial charge in [0.2, 0.25) is 11.8 Å². The Morgan fingerprint density at radius 1 is 1.08 bits per heavy atom. The fraction of sp³-hybridized carbons (Fsp3) is 0.600. The molecule has 0 spiro atoms. The van der Waals surface area contributed by atoms with Gasteiger partial charge in [-0.05, 0) is 56.7 Å². The highest BCUT2D eigenvalue weighted by molar-refractivity contribution is 6.34. The van der Waals surface area contributed by atoms with E-state index in [1.807, 2.05) is 30.9 Å². The van der Waals surface area contributed by atoms with Crippen LogP contribution in [-0.4, -0.2) is 43.0 Å². The zero-order chi connectivity index (χ0) is 18.7. The van der Waals surface area contributed by atoms with Gasteiger partial charge in [-0.1, -0.05) is 17.7 Å². The van der Waals surface area contributed by atoms with Gasteiger partial charge in [0.1, 0.15) is 0 Å². The van der Waals surface area contributed by atoms with Gasteiger partial charge < -0.3 is 15.0 Å². The van der Waals surface area contributed by atoms with Gasteiger partial charge in [-0.2, -0.15) is 0 Å². The van der Waals surface area contributed by atoms with Gasteiger partial charge in [-0.25, -0.2) is 0 Å². The highest BCUT2D eigenvalue weighted by atomic mass is 35.5. The van der Waals surface area contributed by atoms with E-state index in [9.17, 15) is 9.59 Å². The summed E-state index contributed by atoms with van der Waals surface area (Å²) >= 11 is 6.29. The number of hydrogen-bond acceptors (Lipinski definition) is 3. The van der Waals surface area contributed by atoms with E-state index in [0.29, 0.717) is 49.9 Å². The van der Waals surface area contributed by atoms with Crippen LogP contribution in [0.5, 0.6) is 0 Å². The first-order chi connectivity index (χ1) is 12.5. The first-order valence-electron chi connectivity index (χ1n) is 9.40. The second kappa shape index (κ2) is 8.40. The molecule has 142 valence electrons. The monoisotopic (exact) mass is 378 g/mol. The van der Waals surface area contributed by atoms with Gasteiger partial charge in [0.15, 0.2) is 0 Å². The lowest BCUT2D eigenvalue weighted by Crippen LogP contribution is -2.45. The number of likely N-dealkylation sites (tertiary alicyclic amines) is 1. The molecule has 0 aliphatic carbocycles. The van der Waals surface area contributed by atoms with Crippen molar-refractivity contribution in [1.82, 2.24) is 4.90 Å². The van der Waals surface area contributed by atoms with E-state index in [1.165, 1.54) is 0 Å². The lowest BCUT2D eigenvalue weighted by atomic mass is 9.93. The van der Waals surface area contributed by atoms with Crippen LogP contribution in [-0.2, 0) is 14.3 Å². The summed E-state index contributed by atoms with van der Waals surface area (Å²) in [6.07, 6.45) is 3.02. The average molecular weight is 379 g/mol. The molecule has 6 heteroatoms. The Morgan fingerprint density at radius 3 is 2.35 bits per heavy atom. The molecule has 2 heterocycles. The Labute approximate surface area is 160 Å². The number of aryl methyl sites for hydroxylation is 2. The molecule has 26 heavy (non-hydrogen) atoms. The number of nitrogens with zero attached hydrogens (tertiary/aromatic N) is 1. The minimum absolute atomic E-state index is 0.00276. The molecule has 2 aliphatic rings. The van der Waals surface area contributed by atoms with Crippen LogP contribution >= 0.6 is 11.6 Å². The van der Waals surface area contributed by atoms with E-state index in [0.717, 1.165) is 24.0 Å². The average Bonchev–Trinajstić information content (AvgIpc) is 2.64. The third-order valence-corrected chi connectivity index (χ3v) is 5.73. The SMILES string of the molecule is Cc1cc(C)c(NC(=O)C2CCN(C(=O)C3CCOCC3)CC2)c(Cl)c1. The van der Waals surface area contributed by atoms with E-state index >= 15 is 0 Å². The molecular weight excluding hydrogens is 352 g/mol. The summed E-state index contributed by atoms with van der Waals surface area (Å²) in [7, 11) is 0. The van der Waals surface area contributed by atoms with Crippen LogP contribution in [0.25, 0.3) is 0 Å². The van der Waals surface area contributed by atoms with Gasteiger partial charge >= 0.3 is 0 Å². The highest BCUT2D eigenvalue weighted by Crippen LogP contribution is 2.29. The second-order valence-corrected chi connectivity index (χ2v) is 7.82. The number of carbonyl (C=O) groups is 2. The molecule has 2 aliphatic heterocycles. The lowest BCUT2D eigenvalue weighted by molar-refractivity contribution is -0.141. The third kappa shape index (κ3) is 4.38. The van der Waals surface area contributed by atoms with E-state index in [4.69, 9.17) is 16.3 Å². The molecule has 2 saturated heterocycles. The van der Waals surface area contributed by atoms with Crippen molar-refractivity contribution in [2.45, 2.75) is 39.5 Å². The Hall–Kier alpha value is -1.59. The maximum Gasteiger partial charge on any atom is 0.227 e. The molecule has 0 unspecified atom stereocenters. The predicted octanol–water partition coefficient (Wildman–Crippen LogP) is 3.56. The summed E-state index contributed by atoms with van der Waals surface area (Å²) in [6.45, 7) is 6.57. The predicted molar refractivity (Wildman–Crippen MR) is 102 cm³/mol. The minimum Gasteiger partial charge on any atom is -0.381 e. The van der Waals surface area contributed by atoms with Crippen LogP contribution in [0.1, 0.15) is 36.8 Å². The highest BCUT2D eigenvalue weighted by Gasteiger charge is 2.31. The molecule has 0 saturated carbocycles. The zero-order valence-electron chi connectivity index (χ0n) is 15.5. The normalized spacial score (nSPS) is 19.4. The van der Waals surface area contributed by atoms with Crippen molar-refractivity contribution in [2.75, 3.05) is 31.6 Å². The van der Waals surface area contributed by atoms with Crippen LogP contribution in [0.4, 0.5) is 5.69 Å². The Morgan fingerprint density at radius 2 is 1.73 bits per heavy atom. The zero-order valence-corrected chi connectivity index (χ0v) is 16.3. The third-order valence-electron chi connectivity index (χ3n) is 5.43. The van der Waals surface area contributed by atoms with E-state index in [2.05, 4.69) is 5.32 Å². The largest absolute Gasteiger partial charge is 0.381 e. The second-order valence-electron chi connectivity index (χ2n) is 7.41. The van der Waals surface area contributed by atoms with Crippen LogP contribution in [0.2, 0.25) is 5.02 Å². The summed E-state index contributed by atoms with van der Waals surface area (Å²) in [5.74, 6) is 0.232. The standard InChI is InChI=1S/C20H27ClN2O3/c1-13-11-14(2)18(17(21)12-13)22-19(24)15-3-7-23(8-4-15)20(25)16-5-9-26-10-6-16/h11-12,15-16H,3-10H2,1-2H3,(H,22,24). The number of ether oxygens (including phenoxy) is 1. The topological polar surface area (TPSA) is 58.6 Å². The van der Waals surface area contributed by atoms with Gasteiger partial charge in [0.25, 0.3) is 0 Å². The molecule has 1 aromatic rings. The van der Waals surface area contributed by atoms with Gasteiger partial charge in [0.05, 0.1) is 10.7 Å². The van der Waals surface area contributed by atoms with Crippen molar-refractivity contribution < 1.29 is 14.3 Å². The molecule has 0 radical (unpaired) electrons. The van der Waals surface area contributed by atoms with Gasteiger partial charge in [-0.3, -0.25) is 9.59 Å². The molecule has 2 fully saturated rings. The fourth-order valence-corrected chi connectivity index (χ4v) is 4.23. The number of anilines is 1. The molecule has 0 bridgehead atoms. The summed E-state index contributed by atoms with van der Waals surface area (Å²) in [5, 5.41) is 3.56. The minimum atomic E-state index is -0.0782. The van der Waals surface area contributed by atoms with Crippen molar-refractivity contribution >= 4 is 29.1 Å². The lowest BCUT2D eigenvalue weighted by Gasteiger charge is -2.34. The quantitative estimate of drug-likeness (QED) is 0.874. The molecule has 0 aromatic heterocycles. The fourth-order valence-electron chi connectivity index (χ4n) is 3.86. The van der Waals surface area contributed by atoms with Crippen LogP contribution in [0.3, 0.4) is 0 Å². The summed E-state index contributed by atoms with van der Waals surface area (Å²) < 4.78 is 5.33. The number of hydrogen-bond donors (Lipinski definition) is 1. The number of benzene rings is 1. The Balaban J connectivity index is 1.54. The Bertz CT molecular complexity index is 655. The summed E-state index contributed by atoms with van der Waals surface area (Å²) in [4.78, 5) is 27.2. The van der Waals surface area contributed by atoms with Crippen LogP contribution in [0.15, 0.2) is 12.1 Å². The van der Waals surface area contributed by atoms with Crippen LogP contribution < -0.4 is 5.32 Å². The number of halogens is 1. The van der Waals surface area contributed by atoms with E-state index in [-0.39, 0.29) is 23.7 Å². The van der Waals surface area contributed by atoms with Gasteiger partial charge in [0, 0.05) is 38.1 Å². The Kier molecular flexibility index (Phi) is 6.20. The first-order valence-corrected chi connectivity index (χ1v) is 9.77. The van der Waals surface area contributed by atoms with Crippen molar-refractivity contribution in [2.24, 2.45) is 11.8 Å². The number of nitrogens with one attached hydrogen (secondary N) is 1. The maximum atomic E-state index is 12.6. The number of carbonyl (C=O) groups excluding carboxylic acids is 2. The van der Waals surface area contributed by atoms with Crippen molar-refractivity contribution in [3.8, 4) is 0 Å². The summed E-state index contributed by atoms with van der Waals surface area (Å²) in [6, 6.07) is 3.87. The van der Waals surface area contributed by atoms with Crippen molar-refractivity contribution in [3.05, 3.63) is 28.3 Å². The van der Waals surface area contributed by atoms with Crippen LogP contribution in [0, 0.1) is 25.7 Å². The molecular formula is C20H27ClN2O3.